The molecule has 1 N–H and O–H groups in total. The van der Waals surface area contributed by atoms with Crippen molar-refractivity contribution in [3.63, 3.8) is 0 Å². The average molecular weight is 208 g/mol. The van der Waals surface area contributed by atoms with Gasteiger partial charge in [0.15, 0.2) is 0 Å². The maximum Gasteiger partial charge on any atom is 0.150 e. The first kappa shape index (κ1) is 10.1. The summed E-state index contributed by atoms with van der Waals surface area (Å²) in [5.74, 6) is 0.634. The van der Waals surface area contributed by atoms with E-state index >= 15 is 0 Å². The zero-order valence-corrected chi connectivity index (χ0v) is 8.13. The number of hydrogen-bond acceptors (Lipinski definition) is 4. The topological polar surface area (TPSA) is 55.8 Å². The van der Waals surface area contributed by atoms with E-state index in [0.29, 0.717) is 24.5 Å². The van der Waals surface area contributed by atoms with Crippen LogP contribution in [0.4, 0.5) is 0 Å². The quantitative estimate of drug-likeness (QED) is 0.740. The number of aliphatic hydroxyl groups is 1. The van der Waals surface area contributed by atoms with E-state index in [-0.39, 0.29) is 6.10 Å². The van der Waals surface area contributed by atoms with E-state index in [1.165, 1.54) is 0 Å². The number of benzene rings is 1. The van der Waals surface area contributed by atoms with Crippen LogP contribution in [0.2, 0.25) is 0 Å². The second-order valence-electron chi connectivity index (χ2n) is 3.45. The van der Waals surface area contributed by atoms with Crippen LogP contribution in [0.1, 0.15) is 10.4 Å². The van der Waals surface area contributed by atoms with Crippen molar-refractivity contribution in [1.29, 1.82) is 0 Å². The average Bonchev–Trinajstić information content (AvgIpc) is 2.66. The lowest BCUT2D eigenvalue weighted by Crippen LogP contribution is -2.29. The smallest absolute Gasteiger partial charge is 0.150 e. The van der Waals surface area contributed by atoms with Gasteiger partial charge < -0.3 is 14.6 Å². The van der Waals surface area contributed by atoms with Crippen molar-refractivity contribution in [2.24, 2.45) is 0 Å². The minimum Gasteiger partial charge on any atom is -0.485 e. The molecule has 1 aliphatic heterocycles. The first-order valence-corrected chi connectivity index (χ1v) is 4.77. The predicted molar refractivity (Wildman–Crippen MR) is 53.1 cm³/mol. The van der Waals surface area contributed by atoms with Gasteiger partial charge in [-0.15, -0.1) is 0 Å². The Bertz CT molecular complexity index is 333. The Morgan fingerprint density at radius 3 is 2.60 bits per heavy atom. The monoisotopic (exact) mass is 208 g/mol. The molecule has 0 spiro atoms. The van der Waals surface area contributed by atoms with Crippen LogP contribution in [0.25, 0.3) is 0 Å². The van der Waals surface area contributed by atoms with E-state index in [9.17, 15) is 9.90 Å². The molecule has 1 aliphatic rings. The molecule has 15 heavy (non-hydrogen) atoms. The Morgan fingerprint density at radius 2 is 2.07 bits per heavy atom. The van der Waals surface area contributed by atoms with Crippen molar-refractivity contribution in [2.75, 3.05) is 13.2 Å². The van der Waals surface area contributed by atoms with E-state index < -0.39 is 6.10 Å². The van der Waals surface area contributed by atoms with Crippen LogP contribution < -0.4 is 4.74 Å². The number of carbonyl (C=O) groups is 1. The molecule has 1 fully saturated rings. The molecule has 0 aromatic heterocycles. The lowest BCUT2D eigenvalue weighted by molar-refractivity contribution is 0.0733. The number of rotatable bonds is 3. The standard InChI is InChI=1S/C11H12O4/c12-5-8-1-3-9(4-2-8)15-11-7-14-6-10(11)13/h1-5,10-11,13H,6-7H2. The van der Waals surface area contributed by atoms with Crippen molar-refractivity contribution < 1.29 is 19.4 Å². The van der Waals surface area contributed by atoms with Gasteiger partial charge in [0.05, 0.1) is 13.2 Å². The lowest BCUT2D eigenvalue weighted by atomic mass is 10.2. The van der Waals surface area contributed by atoms with Crippen LogP contribution in [0, 0.1) is 0 Å². The summed E-state index contributed by atoms with van der Waals surface area (Å²) in [6, 6.07) is 6.75. The van der Waals surface area contributed by atoms with Gasteiger partial charge in [0, 0.05) is 5.56 Å². The third kappa shape index (κ3) is 2.34. The molecule has 0 saturated carbocycles. The normalized spacial score (nSPS) is 25.1. The Labute approximate surface area is 87.4 Å². The lowest BCUT2D eigenvalue weighted by Gasteiger charge is -2.15. The van der Waals surface area contributed by atoms with E-state index in [4.69, 9.17) is 9.47 Å². The fourth-order valence-corrected chi connectivity index (χ4v) is 1.44. The second-order valence-corrected chi connectivity index (χ2v) is 3.45. The molecule has 2 rings (SSSR count). The van der Waals surface area contributed by atoms with Gasteiger partial charge in [-0.1, -0.05) is 0 Å². The number of ether oxygens (including phenoxy) is 2. The molecular weight excluding hydrogens is 196 g/mol. The molecular formula is C11H12O4. The van der Waals surface area contributed by atoms with Crippen molar-refractivity contribution in [3.8, 4) is 5.75 Å². The SMILES string of the molecule is O=Cc1ccc(OC2COCC2O)cc1. The van der Waals surface area contributed by atoms with Gasteiger partial charge in [-0.25, -0.2) is 0 Å². The zero-order valence-electron chi connectivity index (χ0n) is 8.13. The van der Waals surface area contributed by atoms with Gasteiger partial charge in [-0.2, -0.15) is 0 Å². The van der Waals surface area contributed by atoms with Crippen molar-refractivity contribution in [1.82, 2.24) is 0 Å². The van der Waals surface area contributed by atoms with Gasteiger partial charge >= 0.3 is 0 Å². The van der Waals surface area contributed by atoms with Gasteiger partial charge in [-0.05, 0) is 24.3 Å². The molecule has 1 saturated heterocycles. The number of carbonyl (C=O) groups excluding carboxylic acids is 1. The first-order valence-electron chi connectivity index (χ1n) is 4.77. The summed E-state index contributed by atoms with van der Waals surface area (Å²) < 4.78 is 10.6. The summed E-state index contributed by atoms with van der Waals surface area (Å²) in [5.41, 5.74) is 0.602. The fourth-order valence-electron chi connectivity index (χ4n) is 1.44. The summed E-state index contributed by atoms with van der Waals surface area (Å²) >= 11 is 0. The molecule has 4 nitrogen and oxygen atoms in total. The van der Waals surface area contributed by atoms with E-state index in [0.717, 1.165) is 6.29 Å². The van der Waals surface area contributed by atoms with Crippen LogP contribution in [0.15, 0.2) is 24.3 Å². The van der Waals surface area contributed by atoms with E-state index in [1.807, 2.05) is 0 Å². The Morgan fingerprint density at radius 1 is 1.33 bits per heavy atom. The number of aliphatic hydroxyl groups excluding tert-OH is 1. The van der Waals surface area contributed by atoms with Crippen LogP contribution in [-0.2, 0) is 4.74 Å². The summed E-state index contributed by atoms with van der Waals surface area (Å²) in [7, 11) is 0. The van der Waals surface area contributed by atoms with Crippen molar-refractivity contribution in [2.45, 2.75) is 12.2 Å². The highest BCUT2D eigenvalue weighted by Crippen LogP contribution is 2.17. The van der Waals surface area contributed by atoms with E-state index in [1.54, 1.807) is 24.3 Å². The molecule has 0 aliphatic carbocycles. The van der Waals surface area contributed by atoms with Crippen LogP contribution >= 0.6 is 0 Å². The van der Waals surface area contributed by atoms with Gasteiger partial charge in [0.1, 0.15) is 24.2 Å². The molecule has 2 atom stereocenters. The predicted octanol–water partition coefficient (Wildman–Crippen LogP) is 0.638. The largest absolute Gasteiger partial charge is 0.485 e. The molecule has 1 aromatic rings. The van der Waals surface area contributed by atoms with Gasteiger partial charge in [0.2, 0.25) is 0 Å². The Balaban J connectivity index is 2.01. The summed E-state index contributed by atoms with van der Waals surface area (Å²) in [5, 5.41) is 9.44. The van der Waals surface area contributed by atoms with E-state index in [2.05, 4.69) is 0 Å². The number of hydrogen-bond donors (Lipinski definition) is 1. The summed E-state index contributed by atoms with van der Waals surface area (Å²) in [4.78, 5) is 10.4. The fraction of sp³-hybridized carbons (Fsp3) is 0.364. The maximum atomic E-state index is 10.4. The second kappa shape index (κ2) is 4.42. The van der Waals surface area contributed by atoms with Crippen LogP contribution in [0.3, 0.4) is 0 Å². The Kier molecular flexibility index (Phi) is 2.99. The zero-order chi connectivity index (χ0) is 10.7. The number of aldehydes is 1. The molecule has 0 amide bonds. The highest BCUT2D eigenvalue weighted by atomic mass is 16.6. The molecule has 80 valence electrons. The summed E-state index contributed by atoms with van der Waals surface area (Å²) in [6.07, 6.45) is -0.111. The van der Waals surface area contributed by atoms with Crippen LogP contribution in [0.5, 0.6) is 5.75 Å². The molecule has 0 radical (unpaired) electrons. The highest BCUT2D eigenvalue weighted by molar-refractivity contribution is 5.74. The van der Waals surface area contributed by atoms with Gasteiger partial charge in [-0.3, -0.25) is 4.79 Å². The highest BCUT2D eigenvalue weighted by Gasteiger charge is 2.27. The molecule has 1 aromatic carbocycles. The maximum absolute atomic E-state index is 10.4. The molecule has 1 heterocycles. The minimum absolute atomic E-state index is 0.313. The molecule has 2 unspecified atom stereocenters. The summed E-state index contributed by atoms with van der Waals surface area (Å²) in [6.45, 7) is 0.716. The third-order valence-electron chi connectivity index (χ3n) is 2.30. The van der Waals surface area contributed by atoms with Gasteiger partial charge in [0.25, 0.3) is 0 Å². The molecule has 0 bridgehead atoms. The van der Waals surface area contributed by atoms with Crippen molar-refractivity contribution >= 4 is 6.29 Å². The molecule has 4 heteroatoms. The van der Waals surface area contributed by atoms with Crippen LogP contribution in [-0.4, -0.2) is 36.8 Å². The third-order valence-corrected chi connectivity index (χ3v) is 2.30. The van der Waals surface area contributed by atoms with Crippen molar-refractivity contribution in [3.05, 3.63) is 29.8 Å². The minimum atomic E-state index is -0.573. The Hall–Kier alpha value is -1.39. The first-order chi connectivity index (χ1) is 7.29.